The van der Waals surface area contributed by atoms with Crippen LogP contribution in [0.3, 0.4) is 0 Å². The summed E-state index contributed by atoms with van der Waals surface area (Å²) in [5, 5.41) is 0. The lowest BCUT2D eigenvalue weighted by molar-refractivity contribution is -0.127. The van der Waals surface area contributed by atoms with E-state index in [4.69, 9.17) is 9.47 Å². The smallest absolute Gasteiger partial charge is 0.316 e. The van der Waals surface area contributed by atoms with Gasteiger partial charge in [0.15, 0.2) is 0 Å². The van der Waals surface area contributed by atoms with E-state index < -0.39 is 0 Å². The average molecular weight is 343 g/mol. The monoisotopic (exact) mass is 343 g/mol. The number of nitrogens with zero attached hydrogens (tertiary/aromatic N) is 3. The van der Waals surface area contributed by atoms with Crippen LogP contribution in [0, 0.1) is 18.3 Å². The number of aromatic nitrogens is 2. The van der Waals surface area contributed by atoms with E-state index in [9.17, 15) is 4.79 Å². The van der Waals surface area contributed by atoms with Crippen LogP contribution >= 0.6 is 0 Å². The lowest BCUT2D eigenvalue weighted by Gasteiger charge is -2.27. The highest BCUT2D eigenvalue weighted by atomic mass is 16.5. The first-order chi connectivity index (χ1) is 12.2. The van der Waals surface area contributed by atoms with Gasteiger partial charge in [0.1, 0.15) is 6.61 Å². The van der Waals surface area contributed by atoms with Gasteiger partial charge in [-0.15, -0.1) is 0 Å². The van der Waals surface area contributed by atoms with Crippen molar-refractivity contribution in [3.05, 3.63) is 29.6 Å². The van der Waals surface area contributed by atoms with Gasteiger partial charge in [-0.05, 0) is 38.7 Å². The maximum atomic E-state index is 12.8. The molecule has 2 atom stereocenters. The number of carbonyl (C=O) groups excluding carboxylic acids is 1. The molecule has 2 saturated heterocycles. The molecule has 3 aliphatic rings. The molecule has 0 bridgehead atoms. The second-order valence-corrected chi connectivity index (χ2v) is 7.50. The van der Waals surface area contributed by atoms with Gasteiger partial charge < -0.3 is 14.4 Å². The van der Waals surface area contributed by atoms with Crippen LogP contribution in [-0.4, -0.2) is 53.7 Å². The number of allylic oxidation sites excluding steroid dienone is 1. The molecule has 0 radical (unpaired) electrons. The summed E-state index contributed by atoms with van der Waals surface area (Å²) in [7, 11) is 0. The number of aryl methyl sites for hydroxylation is 1. The van der Waals surface area contributed by atoms with Gasteiger partial charge in [0.25, 0.3) is 0 Å². The minimum atomic E-state index is -0.141. The number of rotatable bonds is 4. The Kier molecular flexibility index (Phi) is 4.46. The van der Waals surface area contributed by atoms with E-state index >= 15 is 0 Å². The molecule has 3 heterocycles. The molecule has 0 unspecified atom stereocenters. The van der Waals surface area contributed by atoms with E-state index in [-0.39, 0.29) is 11.3 Å². The van der Waals surface area contributed by atoms with E-state index in [1.807, 2.05) is 17.9 Å². The fourth-order valence-corrected chi connectivity index (χ4v) is 4.13. The highest BCUT2D eigenvalue weighted by Crippen LogP contribution is 2.42. The fraction of sp³-hybridized carbons (Fsp3) is 0.632. The fourth-order valence-electron chi connectivity index (χ4n) is 4.13. The molecule has 6 nitrogen and oxygen atoms in total. The number of likely N-dealkylation sites (tertiary alicyclic amines) is 1. The number of hydrogen-bond donors (Lipinski definition) is 0. The lowest BCUT2D eigenvalue weighted by atomic mass is 9.82. The van der Waals surface area contributed by atoms with Crippen molar-refractivity contribution in [1.29, 1.82) is 0 Å². The first-order valence-corrected chi connectivity index (χ1v) is 9.15. The first kappa shape index (κ1) is 16.5. The minimum Gasteiger partial charge on any atom is -0.463 e. The van der Waals surface area contributed by atoms with E-state index in [0.29, 0.717) is 38.3 Å². The summed E-state index contributed by atoms with van der Waals surface area (Å²) in [6.07, 6.45) is 8.09. The Balaban J connectivity index is 1.45. The standard InChI is InChI=1S/C19H25N3O3/c1-14-7-8-20-18(21-14)25-13-19-11-22(9-16(19)10-24-12-19)17(23)15-5-3-2-4-6-15/h5,7-8,16H,2-4,6,9-13H2,1H3/t16-,19+/m1/s1. The summed E-state index contributed by atoms with van der Waals surface area (Å²) in [6.45, 7) is 5.19. The van der Waals surface area contributed by atoms with Crippen LogP contribution in [0.2, 0.25) is 0 Å². The molecule has 134 valence electrons. The van der Waals surface area contributed by atoms with Crippen molar-refractivity contribution < 1.29 is 14.3 Å². The second kappa shape index (κ2) is 6.75. The van der Waals surface area contributed by atoms with Crippen LogP contribution < -0.4 is 4.74 Å². The maximum absolute atomic E-state index is 12.8. The Morgan fingerprint density at radius 2 is 2.40 bits per heavy atom. The minimum absolute atomic E-state index is 0.141. The quantitative estimate of drug-likeness (QED) is 0.838. The summed E-state index contributed by atoms with van der Waals surface area (Å²) in [5.41, 5.74) is 1.73. The number of amides is 1. The predicted octanol–water partition coefficient (Wildman–Crippen LogP) is 2.14. The lowest BCUT2D eigenvalue weighted by Crippen LogP contribution is -2.38. The van der Waals surface area contributed by atoms with Gasteiger partial charge in [0.2, 0.25) is 5.91 Å². The molecule has 1 amide bonds. The van der Waals surface area contributed by atoms with E-state index in [1.165, 1.54) is 6.42 Å². The molecule has 6 heteroatoms. The van der Waals surface area contributed by atoms with E-state index in [0.717, 1.165) is 37.1 Å². The van der Waals surface area contributed by atoms with Crippen molar-refractivity contribution in [2.45, 2.75) is 32.6 Å². The highest BCUT2D eigenvalue weighted by Gasteiger charge is 2.52. The molecule has 4 rings (SSSR count). The maximum Gasteiger partial charge on any atom is 0.316 e. The van der Waals surface area contributed by atoms with Crippen LogP contribution in [-0.2, 0) is 9.53 Å². The van der Waals surface area contributed by atoms with Gasteiger partial charge in [-0.2, -0.15) is 0 Å². The average Bonchev–Trinajstić information content (AvgIpc) is 3.17. The van der Waals surface area contributed by atoms with Crippen LogP contribution in [0.4, 0.5) is 0 Å². The molecular formula is C19H25N3O3. The summed E-state index contributed by atoms with van der Waals surface area (Å²) >= 11 is 0. The summed E-state index contributed by atoms with van der Waals surface area (Å²) in [4.78, 5) is 23.3. The van der Waals surface area contributed by atoms with Crippen LogP contribution in [0.1, 0.15) is 31.4 Å². The summed E-state index contributed by atoms with van der Waals surface area (Å²) in [6, 6.07) is 2.25. The zero-order chi connectivity index (χ0) is 17.3. The van der Waals surface area contributed by atoms with Gasteiger partial charge in [-0.1, -0.05) is 6.08 Å². The summed E-state index contributed by atoms with van der Waals surface area (Å²) < 4.78 is 11.6. The number of ether oxygens (including phenoxy) is 2. The first-order valence-electron chi connectivity index (χ1n) is 9.15. The molecule has 0 aromatic carbocycles. The third-order valence-electron chi connectivity index (χ3n) is 5.64. The highest BCUT2D eigenvalue weighted by molar-refractivity contribution is 5.93. The molecule has 25 heavy (non-hydrogen) atoms. The molecule has 1 aromatic rings. The normalized spacial score (nSPS) is 28.6. The molecule has 1 aliphatic carbocycles. The van der Waals surface area contributed by atoms with Gasteiger partial charge in [0, 0.05) is 36.5 Å². The molecular weight excluding hydrogens is 318 g/mol. The third kappa shape index (κ3) is 3.27. The van der Waals surface area contributed by atoms with E-state index in [2.05, 4.69) is 16.0 Å². The molecule has 0 N–H and O–H groups in total. The Hall–Kier alpha value is -1.95. The van der Waals surface area contributed by atoms with E-state index in [1.54, 1.807) is 6.20 Å². The topological polar surface area (TPSA) is 64.6 Å². The van der Waals surface area contributed by atoms with Gasteiger partial charge >= 0.3 is 6.01 Å². The predicted molar refractivity (Wildman–Crippen MR) is 92.1 cm³/mol. The van der Waals surface area contributed by atoms with Crippen molar-refractivity contribution in [3.8, 4) is 6.01 Å². The second-order valence-electron chi connectivity index (χ2n) is 7.50. The Labute approximate surface area is 148 Å². The van der Waals surface area contributed by atoms with Crippen LogP contribution in [0.15, 0.2) is 23.9 Å². The molecule has 0 saturated carbocycles. The summed E-state index contributed by atoms with van der Waals surface area (Å²) in [5.74, 6) is 0.533. The van der Waals surface area contributed by atoms with Crippen molar-refractivity contribution in [1.82, 2.24) is 14.9 Å². The van der Waals surface area contributed by atoms with Crippen LogP contribution in [0.25, 0.3) is 0 Å². The van der Waals surface area contributed by atoms with Crippen LogP contribution in [0.5, 0.6) is 6.01 Å². The Bertz CT molecular complexity index is 690. The largest absolute Gasteiger partial charge is 0.463 e. The van der Waals surface area contributed by atoms with Crippen molar-refractivity contribution in [3.63, 3.8) is 0 Å². The molecule has 2 aliphatic heterocycles. The zero-order valence-electron chi connectivity index (χ0n) is 14.7. The third-order valence-corrected chi connectivity index (χ3v) is 5.64. The number of fused-ring (bicyclic) bond motifs is 1. The Morgan fingerprint density at radius 1 is 1.48 bits per heavy atom. The number of carbonyl (C=O) groups is 1. The molecule has 1 aromatic heterocycles. The van der Waals surface area contributed by atoms with Crippen molar-refractivity contribution >= 4 is 5.91 Å². The van der Waals surface area contributed by atoms with Gasteiger partial charge in [0.05, 0.1) is 18.6 Å². The molecule has 0 spiro atoms. The van der Waals surface area contributed by atoms with Gasteiger partial charge in [-0.25, -0.2) is 9.97 Å². The Morgan fingerprint density at radius 3 is 3.20 bits per heavy atom. The zero-order valence-corrected chi connectivity index (χ0v) is 14.7. The van der Waals surface area contributed by atoms with Crippen molar-refractivity contribution in [2.24, 2.45) is 11.3 Å². The number of hydrogen-bond acceptors (Lipinski definition) is 5. The molecule has 2 fully saturated rings. The van der Waals surface area contributed by atoms with Crippen molar-refractivity contribution in [2.75, 3.05) is 32.9 Å². The SMILES string of the molecule is Cc1ccnc(OC[C@]23COC[C@H]2CN(C(=O)C2=CCCCC2)C3)n1. The van der Waals surface area contributed by atoms with Gasteiger partial charge in [-0.3, -0.25) is 4.79 Å².